The third-order valence-electron chi connectivity index (χ3n) is 5.62. The minimum absolute atomic E-state index is 0.126. The number of halogens is 1. The standard InChI is InChI=1S/C27H36ClN3O3/c1-17(15-26(2,3)4)16-34-24(32)11-8-18-12-20(27(5,6)7)25(33)23(13-18)31-29-21-10-9-19(28)14-22(21)30-31/h9-10,12-14,17,33H,8,11,15-16H2,1-7H3. The molecule has 6 nitrogen and oxygen atoms in total. The lowest BCUT2D eigenvalue weighted by atomic mass is 9.84. The third kappa shape index (κ3) is 6.72. The zero-order valence-electron chi connectivity index (χ0n) is 21.3. The fourth-order valence-corrected chi connectivity index (χ4v) is 4.37. The first kappa shape index (κ1) is 26.0. The number of benzene rings is 2. The molecule has 0 aliphatic heterocycles. The predicted octanol–water partition coefficient (Wildman–Crippen LogP) is 6.63. The Bertz CT molecular complexity index is 1170. The minimum Gasteiger partial charge on any atom is -0.505 e. The molecular weight excluding hydrogens is 450 g/mol. The van der Waals surface area contributed by atoms with Crippen LogP contribution in [-0.2, 0) is 21.4 Å². The van der Waals surface area contributed by atoms with Crippen LogP contribution in [0.4, 0.5) is 0 Å². The highest BCUT2D eigenvalue weighted by Crippen LogP contribution is 2.36. The van der Waals surface area contributed by atoms with Crippen LogP contribution in [0, 0.1) is 11.3 Å². The summed E-state index contributed by atoms with van der Waals surface area (Å²) in [6.07, 6.45) is 1.75. The number of phenols is 1. The number of aromatic nitrogens is 3. The van der Waals surface area contributed by atoms with Gasteiger partial charge in [-0.3, -0.25) is 4.79 Å². The van der Waals surface area contributed by atoms with Crippen molar-refractivity contribution in [2.45, 2.75) is 73.1 Å². The topological polar surface area (TPSA) is 77.2 Å². The molecule has 184 valence electrons. The van der Waals surface area contributed by atoms with Crippen LogP contribution in [0.3, 0.4) is 0 Å². The number of rotatable bonds is 7. The Balaban J connectivity index is 1.81. The maximum absolute atomic E-state index is 12.4. The Kier molecular flexibility index (Phi) is 7.61. The molecule has 0 radical (unpaired) electrons. The number of hydrogen-bond acceptors (Lipinski definition) is 5. The molecule has 34 heavy (non-hydrogen) atoms. The molecule has 0 bridgehead atoms. The van der Waals surface area contributed by atoms with Crippen molar-refractivity contribution < 1.29 is 14.6 Å². The van der Waals surface area contributed by atoms with Crippen LogP contribution in [0.5, 0.6) is 5.75 Å². The van der Waals surface area contributed by atoms with E-state index in [-0.39, 0.29) is 29.0 Å². The van der Waals surface area contributed by atoms with E-state index in [1.165, 1.54) is 4.80 Å². The first-order valence-corrected chi connectivity index (χ1v) is 12.2. The highest BCUT2D eigenvalue weighted by molar-refractivity contribution is 6.31. The van der Waals surface area contributed by atoms with Gasteiger partial charge in [-0.15, -0.1) is 15.0 Å². The predicted molar refractivity (Wildman–Crippen MR) is 137 cm³/mol. The van der Waals surface area contributed by atoms with E-state index in [2.05, 4.69) is 37.9 Å². The second-order valence-electron chi connectivity index (χ2n) is 11.4. The van der Waals surface area contributed by atoms with Crippen molar-refractivity contribution in [2.75, 3.05) is 6.61 Å². The Labute approximate surface area is 207 Å². The summed E-state index contributed by atoms with van der Waals surface area (Å²) in [4.78, 5) is 13.9. The van der Waals surface area contributed by atoms with Gasteiger partial charge in [0, 0.05) is 17.0 Å². The molecule has 0 spiro atoms. The smallest absolute Gasteiger partial charge is 0.306 e. The molecule has 0 aliphatic carbocycles. The van der Waals surface area contributed by atoms with Crippen molar-refractivity contribution >= 4 is 28.6 Å². The fourth-order valence-electron chi connectivity index (χ4n) is 4.20. The molecule has 0 aliphatic rings. The maximum Gasteiger partial charge on any atom is 0.306 e. The van der Waals surface area contributed by atoms with E-state index >= 15 is 0 Å². The van der Waals surface area contributed by atoms with E-state index in [1.54, 1.807) is 18.2 Å². The van der Waals surface area contributed by atoms with E-state index in [1.807, 2.05) is 32.9 Å². The fraction of sp³-hybridized carbons (Fsp3) is 0.519. The summed E-state index contributed by atoms with van der Waals surface area (Å²) >= 11 is 6.09. The molecule has 7 heteroatoms. The molecule has 3 rings (SSSR count). The number of ether oxygens (including phenoxy) is 1. The Hall–Kier alpha value is -2.60. The summed E-state index contributed by atoms with van der Waals surface area (Å²) in [5.41, 5.74) is 3.37. The van der Waals surface area contributed by atoms with Gasteiger partial charge in [0.05, 0.1) is 6.61 Å². The molecule has 0 amide bonds. The van der Waals surface area contributed by atoms with Crippen LogP contribution in [-0.4, -0.2) is 32.7 Å². The van der Waals surface area contributed by atoms with Crippen LogP contribution >= 0.6 is 11.6 Å². The van der Waals surface area contributed by atoms with Crippen molar-refractivity contribution in [1.82, 2.24) is 15.0 Å². The molecular formula is C27H36ClN3O3. The lowest BCUT2D eigenvalue weighted by molar-refractivity contribution is -0.145. The summed E-state index contributed by atoms with van der Waals surface area (Å²) in [6.45, 7) is 15.2. The van der Waals surface area contributed by atoms with Crippen molar-refractivity contribution in [3.05, 3.63) is 46.5 Å². The number of nitrogens with zero attached hydrogens (tertiary/aromatic N) is 3. The second-order valence-corrected chi connectivity index (χ2v) is 11.9. The van der Waals surface area contributed by atoms with Crippen LogP contribution in [0.1, 0.15) is 72.4 Å². The molecule has 1 N–H and O–H groups in total. The van der Waals surface area contributed by atoms with Crippen molar-refractivity contribution in [3.8, 4) is 11.4 Å². The maximum atomic E-state index is 12.4. The normalized spacial score (nSPS) is 13.3. The molecule has 0 saturated heterocycles. The monoisotopic (exact) mass is 485 g/mol. The van der Waals surface area contributed by atoms with Gasteiger partial charge < -0.3 is 9.84 Å². The van der Waals surface area contributed by atoms with Crippen LogP contribution in [0.25, 0.3) is 16.7 Å². The number of carbonyl (C=O) groups excluding carboxylic acids is 1. The van der Waals surface area contributed by atoms with Gasteiger partial charge in [-0.05, 0) is 59.4 Å². The molecule has 1 aromatic heterocycles. The van der Waals surface area contributed by atoms with Crippen LogP contribution in [0.15, 0.2) is 30.3 Å². The molecule has 1 heterocycles. The van der Waals surface area contributed by atoms with Crippen LogP contribution in [0.2, 0.25) is 5.02 Å². The highest BCUT2D eigenvalue weighted by Gasteiger charge is 2.24. The van der Waals surface area contributed by atoms with Gasteiger partial charge in [0.2, 0.25) is 0 Å². The summed E-state index contributed by atoms with van der Waals surface area (Å²) in [5, 5.41) is 20.7. The lowest BCUT2D eigenvalue weighted by Crippen LogP contribution is -2.18. The van der Waals surface area contributed by atoms with Gasteiger partial charge in [0.15, 0.2) is 0 Å². The van der Waals surface area contributed by atoms with Crippen molar-refractivity contribution in [2.24, 2.45) is 11.3 Å². The van der Waals surface area contributed by atoms with E-state index in [0.29, 0.717) is 40.7 Å². The number of hydrogen-bond donors (Lipinski definition) is 1. The number of fused-ring (bicyclic) bond motifs is 1. The molecule has 1 unspecified atom stereocenters. The van der Waals surface area contributed by atoms with Crippen LogP contribution < -0.4 is 0 Å². The van der Waals surface area contributed by atoms with Crippen molar-refractivity contribution in [1.29, 1.82) is 0 Å². The quantitative estimate of drug-likeness (QED) is 0.380. The summed E-state index contributed by atoms with van der Waals surface area (Å²) in [6, 6.07) is 9.08. The molecule has 0 saturated carbocycles. The zero-order valence-corrected chi connectivity index (χ0v) is 22.0. The van der Waals surface area contributed by atoms with Gasteiger partial charge in [-0.2, -0.15) is 0 Å². The summed E-state index contributed by atoms with van der Waals surface area (Å²) < 4.78 is 5.53. The number of esters is 1. The van der Waals surface area contributed by atoms with Gasteiger partial charge in [0.25, 0.3) is 0 Å². The SMILES string of the molecule is CC(COC(=O)CCc1cc(-n2nc3ccc(Cl)cc3n2)c(O)c(C(C)(C)C)c1)CC(C)(C)C. The number of aromatic hydroxyl groups is 1. The Morgan fingerprint density at radius 3 is 2.41 bits per heavy atom. The van der Waals surface area contributed by atoms with E-state index in [0.717, 1.165) is 17.5 Å². The Morgan fingerprint density at radius 2 is 1.76 bits per heavy atom. The van der Waals surface area contributed by atoms with Gasteiger partial charge in [0.1, 0.15) is 22.5 Å². The molecule has 1 atom stereocenters. The van der Waals surface area contributed by atoms with Gasteiger partial charge in [-0.25, -0.2) is 0 Å². The third-order valence-corrected chi connectivity index (χ3v) is 5.86. The number of carbonyl (C=O) groups is 1. The second kappa shape index (κ2) is 9.95. The average molecular weight is 486 g/mol. The molecule has 2 aromatic carbocycles. The summed E-state index contributed by atoms with van der Waals surface area (Å²) in [7, 11) is 0. The van der Waals surface area contributed by atoms with E-state index in [9.17, 15) is 9.90 Å². The largest absolute Gasteiger partial charge is 0.505 e. The highest BCUT2D eigenvalue weighted by atomic mass is 35.5. The molecule has 0 fully saturated rings. The van der Waals surface area contributed by atoms with Gasteiger partial charge in [-0.1, -0.05) is 66.1 Å². The van der Waals surface area contributed by atoms with Gasteiger partial charge >= 0.3 is 5.97 Å². The number of aryl methyl sites for hydroxylation is 1. The minimum atomic E-state index is -0.312. The molecule has 3 aromatic rings. The average Bonchev–Trinajstić information content (AvgIpc) is 3.12. The first-order valence-electron chi connectivity index (χ1n) is 11.8. The summed E-state index contributed by atoms with van der Waals surface area (Å²) in [5.74, 6) is 0.219. The number of phenolic OH excluding ortho intramolecular Hbond substituents is 1. The van der Waals surface area contributed by atoms with Crippen molar-refractivity contribution in [3.63, 3.8) is 0 Å². The first-order chi connectivity index (χ1) is 15.7. The van der Waals surface area contributed by atoms with E-state index in [4.69, 9.17) is 16.3 Å². The Morgan fingerprint density at radius 1 is 1.09 bits per heavy atom. The van der Waals surface area contributed by atoms with E-state index < -0.39 is 0 Å². The zero-order chi connectivity index (χ0) is 25.3. The lowest BCUT2D eigenvalue weighted by Gasteiger charge is -2.23.